The summed E-state index contributed by atoms with van der Waals surface area (Å²) in [5.74, 6) is 0. The Balaban J connectivity index is 1.14. The van der Waals surface area contributed by atoms with E-state index in [1.165, 1.54) is 77.0 Å². The molecule has 0 atom stereocenters. The van der Waals surface area contributed by atoms with Gasteiger partial charge in [-0.2, -0.15) is 0 Å². The summed E-state index contributed by atoms with van der Waals surface area (Å²) in [6, 6.07) is 68.2. The van der Waals surface area contributed by atoms with Crippen LogP contribution in [0.1, 0.15) is 5.56 Å². The van der Waals surface area contributed by atoms with E-state index in [9.17, 15) is 0 Å². The molecule has 244 valence electrons. The van der Waals surface area contributed by atoms with Crippen molar-refractivity contribution in [1.29, 1.82) is 0 Å². The molecule has 0 aliphatic rings. The molecule has 2 nitrogen and oxygen atoms in total. The number of fused-ring (bicyclic) bond motifs is 6. The van der Waals surface area contributed by atoms with Gasteiger partial charge in [-0.05, 0) is 106 Å². The third-order valence-electron chi connectivity index (χ3n) is 10.5. The first kappa shape index (κ1) is 30.0. The van der Waals surface area contributed by atoms with Crippen LogP contribution in [0.25, 0.3) is 94.4 Å². The smallest absolute Gasteiger partial charge is 0.0541 e. The van der Waals surface area contributed by atoms with E-state index in [4.69, 9.17) is 0 Å². The Morgan fingerprint density at radius 1 is 0.308 bits per heavy atom. The summed E-state index contributed by atoms with van der Waals surface area (Å²) >= 11 is 0. The maximum Gasteiger partial charge on any atom is 0.0541 e. The summed E-state index contributed by atoms with van der Waals surface area (Å²) < 4.78 is 4.80. The normalized spacial score (nSPS) is 11.5. The zero-order valence-corrected chi connectivity index (χ0v) is 28.6. The molecular weight excluding hydrogens is 629 g/mol. The van der Waals surface area contributed by atoms with E-state index in [1.54, 1.807) is 0 Å². The van der Waals surface area contributed by atoms with Crippen LogP contribution < -0.4 is 0 Å². The van der Waals surface area contributed by atoms with Crippen molar-refractivity contribution in [2.45, 2.75) is 0 Å². The minimum atomic E-state index is 1.11. The first-order valence-corrected chi connectivity index (χ1v) is 17.8. The van der Waals surface area contributed by atoms with Gasteiger partial charge in [0.1, 0.15) is 0 Å². The quantitative estimate of drug-likeness (QED) is 0.168. The lowest BCUT2D eigenvalue weighted by Crippen LogP contribution is -1.94. The number of hydrogen-bond acceptors (Lipinski definition) is 0. The van der Waals surface area contributed by atoms with Crippen molar-refractivity contribution >= 4 is 49.7 Å². The number of rotatable bonds is 6. The second kappa shape index (κ2) is 12.2. The number of benzene rings is 8. The third kappa shape index (κ3) is 4.88. The SMILES string of the molecule is C=Cc1ccc2c(c1)c1cc(-c3ccc4c(c3)c3ccccc3n4-c3cccc(-c4ccccc4)c3)ccc1n2-c1cccc(-c2ccccc2)c1. The molecule has 0 bridgehead atoms. The van der Waals surface area contributed by atoms with Gasteiger partial charge < -0.3 is 9.13 Å². The van der Waals surface area contributed by atoms with Crippen molar-refractivity contribution < 1.29 is 0 Å². The lowest BCUT2D eigenvalue weighted by Gasteiger charge is -2.11. The lowest BCUT2D eigenvalue weighted by atomic mass is 10.00. The molecule has 52 heavy (non-hydrogen) atoms. The fraction of sp³-hybridized carbons (Fsp3) is 0. The molecule has 10 rings (SSSR count). The van der Waals surface area contributed by atoms with Gasteiger partial charge in [0.05, 0.1) is 22.1 Å². The van der Waals surface area contributed by atoms with Crippen molar-refractivity contribution in [2.75, 3.05) is 0 Å². The van der Waals surface area contributed by atoms with Crippen molar-refractivity contribution in [3.63, 3.8) is 0 Å². The van der Waals surface area contributed by atoms with Crippen LogP contribution in [-0.2, 0) is 0 Å². The fourth-order valence-electron chi connectivity index (χ4n) is 7.97. The van der Waals surface area contributed by atoms with E-state index >= 15 is 0 Å². The van der Waals surface area contributed by atoms with Gasteiger partial charge in [-0.3, -0.25) is 0 Å². The molecular formula is C50H34N2. The fourth-order valence-corrected chi connectivity index (χ4v) is 7.97. The van der Waals surface area contributed by atoms with Crippen molar-refractivity contribution in [1.82, 2.24) is 9.13 Å². The molecule has 0 spiro atoms. The van der Waals surface area contributed by atoms with Crippen LogP contribution in [0.4, 0.5) is 0 Å². The average molecular weight is 663 g/mol. The standard InChI is InChI=1S/C50H34N2/c1-2-34-23-26-48-44(29-34)46-33-40(25-28-50(46)52(48)42-20-12-18-38(31-42)36-15-7-4-8-16-36)39-24-27-49-45(32-39)43-21-9-10-22-47(43)51(49)41-19-11-17-37(30-41)35-13-5-3-6-14-35/h2-33H,1H2. The molecule has 0 radical (unpaired) electrons. The predicted molar refractivity (Wildman–Crippen MR) is 222 cm³/mol. The monoisotopic (exact) mass is 662 g/mol. The highest BCUT2D eigenvalue weighted by Crippen LogP contribution is 2.39. The van der Waals surface area contributed by atoms with Crippen LogP contribution in [0.5, 0.6) is 0 Å². The molecule has 2 heterocycles. The highest BCUT2D eigenvalue weighted by Gasteiger charge is 2.17. The van der Waals surface area contributed by atoms with Gasteiger partial charge in [0.25, 0.3) is 0 Å². The Morgan fingerprint density at radius 2 is 0.731 bits per heavy atom. The molecule has 0 saturated heterocycles. The highest BCUT2D eigenvalue weighted by molar-refractivity contribution is 6.13. The van der Waals surface area contributed by atoms with E-state index in [2.05, 4.69) is 204 Å². The molecule has 0 aliphatic carbocycles. The van der Waals surface area contributed by atoms with Crippen LogP contribution in [-0.4, -0.2) is 9.13 Å². The van der Waals surface area contributed by atoms with E-state index in [-0.39, 0.29) is 0 Å². The largest absolute Gasteiger partial charge is 0.309 e. The molecule has 0 saturated carbocycles. The van der Waals surface area contributed by atoms with Gasteiger partial charge in [0.2, 0.25) is 0 Å². The van der Waals surface area contributed by atoms with Gasteiger partial charge in [-0.25, -0.2) is 0 Å². The molecule has 0 N–H and O–H groups in total. The van der Waals surface area contributed by atoms with Gasteiger partial charge in [0.15, 0.2) is 0 Å². The Bertz CT molecular complexity index is 2960. The second-order valence-electron chi connectivity index (χ2n) is 13.5. The van der Waals surface area contributed by atoms with Crippen molar-refractivity contribution in [3.05, 3.63) is 200 Å². The Labute approximate surface area is 302 Å². The second-order valence-corrected chi connectivity index (χ2v) is 13.5. The van der Waals surface area contributed by atoms with Gasteiger partial charge in [0, 0.05) is 32.9 Å². The molecule has 0 fully saturated rings. The van der Waals surface area contributed by atoms with Crippen LogP contribution in [0.2, 0.25) is 0 Å². The molecule has 10 aromatic rings. The molecule has 0 unspecified atom stereocenters. The maximum absolute atomic E-state index is 4.08. The average Bonchev–Trinajstić information content (AvgIpc) is 3.73. The summed E-state index contributed by atoms with van der Waals surface area (Å²) in [5, 5.41) is 4.93. The predicted octanol–water partition coefficient (Wildman–Crippen LogP) is 13.5. The van der Waals surface area contributed by atoms with E-state index in [1.807, 2.05) is 6.08 Å². The van der Waals surface area contributed by atoms with Crippen molar-refractivity contribution in [3.8, 4) is 44.8 Å². The summed E-state index contributed by atoms with van der Waals surface area (Å²) in [4.78, 5) is 0. The number of nitrogens with zero attached hydrogens (tertiary/aromatic N) is 2. The Hall–Kier alpha value is -6.90. The van der Waals surface area contributed by atoms with E-state index in [0.29, 0.717) is 0 Å². The van der Waals surface area contributed by atoms with Gasteiger partial charge in [-0.1, -0.05) is 134 Å². The van der Waals surface area contributed by atoms with E-state index in [0.717, 1.165) is 16.9 Å². The zero-order chi connectivity index (χ0) is 34.6. The third-order valence-corrected chi connectivity index (χ3v) is 10.5. The van der Waals surface area contributed by atoms with Crippen LogP contribution in [0, 0.1) is 0 Å². The van der Waals surface area contributed by atoms with Gasteiger partial charge >= 0.3 is 0 Å². The molecule has 0 aliphatic heterocycles. The minimum Gasteiger partial charge on any atom is -0.309 e. The Kier molecular flexibility index (Phi) is 7.00. The topological polar surface area (TPSA) is 9.86 Å². The number of hydrogen-bond donors (Lipinski definition) is 0. The summed E-state index contributed by atoms with van der Waals surface area (Å²) in [6.07, 6.45) is 1.93. The van der Waals surface area contributed by atoms with Crippen molar-refractivity contribution in [2.24, 2.45) is 0 Å². The van der Waals surface area contributed by atoms with Crippen LogP contribution in [0.15, 0.2) is 195 Å². The molecule has 8 aromatic carbocycles. The Morgan fingerprint density at radius 3 is 1.29 bits per heavy atom. The lowest BCUT2D eigenvalue weighted by molar-refractivity contribution is 1.18. The molecule has 0 amide bonds. The van der Waals surface area contributed by atoms with Crippen LogP contribution in [0.3, 0.4) is 0 Å². The summed E-state index contributed by atoms with van der Waals surface area (Å²) in [7, 11) is 0. The highest BCUT2D eigenvalue weighted by atomic mass is 15.0. The first-order valence-electron chi connectivity index (χ1n) is 17.8. The molecule has 2 aromatic heterocycles. The number of para-hydroxylation sites is 1. The first-order chi connectivity index (χ1) is 25.7. The minimum absolute atomic E-state index is 1.11. The van der Waals surface area contributed by atoms with E-state index < -0.39 is 0 Å². The summed E-state index contributed by atoms with van der Waals surface area (Å²) in [6.45, 7) is 4.08. The zero-order valence-electron chi connectivity index (χ0n) is 28.6. The number of aromatic nitrogens is 2. The van der Waals surface area contributed by atoms with Gasteiger partial charge in [-0.15, -0.1) is 0 Å². The van der Waals surface area contributed by atoms with Crippen LogP contribution >= 0.6 is 0 Å². The maximum atomic E-state index is 4.08. The summed E-state index contributed by atoms with van der Waals surface area (Å²) in [5.41, 5.74) is 15.4. The molecule has 2 heteroatoms.